The number of hydrogen-bond acceptors (Lipinski definition) is 6. The van der Waals surface area contributed by atoms with E-state index in [2.05, 4.69) is 19.4 Å². The lowest BCUT2D eigenvalue weighted by Gasteiger charge is -2.06. The first kappa shape index (κ1) is 13.4. The molecule has 1 aromatic heterocycles. The van der Waals surface area contributed by atoms with Crippen molar-refractivity contribution in [1.29, 1.82) is 0 Å². The first-order chi connectivity index (χ1) is 8.99. The molecule has 0 unspecified atom stereocenters. The molecule has 0 aliphatic rings. The Hall–Kier alpha value is -2.00. The highest BCUT2D eigenvalue weighted by molar-refractivity contribution is 7.89. The maximum atomic E-state index is 13.0. The topological polar surface area (TPSA) is 111 Å². The third kappa shape index (κ3) is 3.26. The molecule has 0 amide bonds. The third-order valence-corrected chi connectivity index (χ3v) is 3.78. The van der Waals surface area contributed by atoms with E-state index in [1.165, 1.54) is 0 Å². The Balaban J connectivity index is 2.03. The second kappa shape index (κ2) is 5.33. The highest BCUT2D eigenvalue weighted by Gasteiger charge is 2.15. The number of nitrogens with zero attached hydrogens (tertiary/aromatic N) is 2. The molecule has 9 heteroatoms. The summed E-state index contributed by atoms with van der Waals surface area (Å²) in [6.45, 7) is 0.0964. The Labute approximate surface area is 108 Å². The number of halogens is 1. The maximum Gasteiger partial charge on any atom is 0.240 e. The number of benzene rings is 1. The molecule has 7 nitrogen and oxygen atoms in total. The van der Waals surface area contributed by atoms with E-state index in [0.717, 1.165) is 24.6 Å². The summed E-state index contributed by atoms with van der Waals surface area (Å²) in [5.41, 5.74) is 5.10. The van der Waals surface area contributed by atoms with Gasteiger partial charge in [-0.1, -0.05) is 5.16 Å². The number of nitrogen functional groups attached to an aromatic ring is 1. The van der Waals surface area contributed by atoms with E-state index in [4.69, 9.17) is 5.73 Å². The molecule has 0 bridgehead atoms. The van der Waals surface area contributed by atoms with E-state index < -0.39 is 15.8 Å². The van der Waals surface area contributed by atoms with Gasteiger partial charge in [0.1, 0.15) is 5.82 Å². The lowest BCUT2D eigenvalue weighted by atomic mass is 10.3. The fourth-order valence-corrected chi connectivity index (χ4v) is 2.44. The van der Waals surface area contributed by atoms with Gasteiger partial charge in [0.25, 0.3) is 0 Å². The summed E-state index contributed by atoms with van der Waals surface area (Å²) in [6.07, 6.45) is 1.44. The highest BCUT2D eigenvalue weighted by atomic mass is 32.2. The minimum atomic E-state index is -3.74. The minimum Gasteiger partial charge on any atom is -0.396 e. The minimum absolute atomic E-state index is 0.0964. The molecule has 19 heavy (non-hydrogen) atoms. The van der Waals surface area contributed by atoms with Crippen LogP contribution in [-0.4, -0.2) is 25.1 Å². The molecule has 2 rings (SSSR count). The van der Waals surface area contributed by atoms with E-state index in [-0.39, 0.29) is 23.5 Å². The number of nitrogens with two attached hydrogens (primary N) is 1. The molecule has 0 saturated heterocycles. The van der Waals surface area contributed by atoms with Crippen LogP contribution in [0.1, 0.15) is 5.82 Å². The Morgan fingerprint density at radius 3 is 2.84 bits per heavy atom. The fourth-order valence-electron chi connectivity index (χ4n) is 1.37. The average molecular weight is 286 g/mol. The van der Waals surface area contributed by atoms with Gasteiger partial charge in [-0.2, -0.15) is 4.98 Å². The summed E-state index contributed by atoms with van der Waals surface area (Å²) in [5.74, 6) is -0.271. The second-order valence-electron chi connectivity index (χ2n) is 3.68. The van der Waals surface area contributed by atoms with Crippen molar-refractivity contribution >= 4 is 15.7 Å². The van der Waals surface area contributed by atoms with Crippen LogP contribution >= 0.6 is 0 Å². The van der Waals surface area contributed by atoms with Crippen LogP contribution in [0, 0.1) is 5.82 Å². The molecule has 0 atom stereocenters. The van der Waals surface area contributed by atoms with Crippen molar-refractivity contribution in [3.05, 3.63) is 36.2 Å². The third-order valence-electron chi connectivity index (χ3n) is 2.33. The summed E-state index contributed by atoms with van der Waals surface area (Å²) in [7, 11) is -3.74. The summed E-state index contributed by atoms with van der Waals surface area (Å²) < 4.78 is 43.5. The van der Waals surface area contributed by atoms with Gasteiger partial charge >= 0.3 is 0 Å². The highest BCUT2D eigenvalue weighted by Crippen LogP contribution is 2.16. The molecule has 0 fully saturated rings. The molecule has 1 aromatic carbocycles. The zero-order valence-electron chi connectivity index (χ0n) is 9.71. The molecule has 0 spiro atoms. The van der Waals surface area contributed by atoms with Crippen molar-refractivity contribution < 1.29 is 17.3 Å². The van der Waals surface area contributed by atoms with Gasteiger partial charge in [-0.15, -0.1) is 0 Å². The van der Waals surface area contributed by atoms with Crippen molar-refractivity contribution in [1.82, 2.24) is 14.9 Å². The summed E-state index contributed by atoms with van der Waals surface area (Å²) >= 11 is 0. The molecule has 0 saturated carbocycles. The molecule has 3 N–H and O–H groups in total. The van der Waals surface area contributed by atoms with Gasteiger partial charge in [0.05, 0.1) is 10.6 Å². The van der Waals surface area contributed by atoms with Crippen molar-refractivity contribution in [3.63, 3.8) is 0 Å². The number of rotatable bonds is 5. The Morgan fingerprint density at radius 1 is 1.42 bits per heavy atom. The summed E-state index contributed by atoms with van der Waals surface area (Å²) in [5, 5.41) is 3.54. The van der Waals surface area contributed by atoms with Gasteiger partial charge in [0, 0.05) is 13.0 Å². The van der Waals surface area contributed by atoms with Crippen molar-refractivity contribution in [2.24, 2.45) is 0 Å². The van der Waals surface area contributed by atoms with E-state index in [1.54, 1.807) is 0 Å². The van der Waals surface area contributed by atoms with Gasteiger partial charge in [-0.25, -0.2) is 17.5 Å². The van der Waals surface area contributed by atoms with Crippen LogP contribution in [0.4, 0.5) is 10.1 Å². The van der Waals surface area contributed by atoms with Crippen molar-refractivity contribution in [2.75, 3.05) is 12.3 Å². The van der Waals surface area contributed by atoms with Gasteiger partial charge in [0.15, 0.2) is 5.82 Å². The zero-order valence-corrected chi connectivity index (χ0v) is 10.5. The number of sulfonamides is 1. The van der Waals surface area contributed by atoms with Crippen LogP contribution in [0.2, 0.25) is 0 Å². The van der Waals surface area contributed by atoms with E-state index in [0.29, 0.717) is 5.82 Å². The number of hydrogen-bond donors (Lipinski definition) is 2. The molecule has 0 radical (unpaired) electrons. The quantitative estimate of drug-likeness (QED) is 0.765. The molecule has 2 aromatic rings. The van der Waals surface area contributed by atoms with Gasteiger partial charge in [0.2, 0.25) is 16.4 Å². The fraction of sp³-hybridized carbons (Fsp3) is 0.200. The normalized spacial score (nSPS) is 11.6. The molecule has 0 aliphatic carbocycles. The monoisotopic (exact) mass is 286 g/mol. The smallest absolute Gasteiger partial charge is 0.240 e. The first-order valence-electron chi connectivity index (χ1n) is 5.29. The largest absolute Gasteiger partial charge is 0.396 e. The van der Waals surface area contributed by atoms with Crippen LogP contribution in [0.15, 0.2) is 34.0 Å². The molecule has 1 heterocycles. The number of aromatic nitrogens is 2. The Bertz CT molecular complexity index is 657. The average Bonchev–Trinajstić information content (AvgIpc) is 2.85. The molecule has 0 aliphatic heterocycles. The van der Waals surface area contributed by atoms with E-state index in [9.17, 15) is 12.8 Å². The standard InChI is InChI=1S/C10H11FN4O3S/c11-8-2-1-7(5-9(8)12)19(16,17)14-4-3-10-13-6-18-15-10/h1-2,5-6,14H,3-4,12H2. The van der Waals surface area contributed by atoms with Crippen molar-refractivity contribution in [3.8, 4) is 0 Å². The van der Waals surface area contributed by atoms with Crippen LogP contribution in [0.3, 0.4) is 0 Å². The number of nitrogens with one attached hydrogen (secondary N) is 1. The predicted octanol–water partition coefficient (Wildman–Crippen LogP) is 0.312. The second-order valence-corrected chi connectivity index (χ2v) is 5.45. The van der Waals surface area contributed by atoms with Crippen LogP contribution in [0.25, 0.3) is 0 Å². The lowest BCUT2D eigenvalue weighted by molar-refractivity contribution is 0.410. The lowest BCUT2D eigenvalue weighted by Crippen LogP contribution is -2.26. The van der Waals surface area contributed by atoms with E-state index >= 15 is 0 Å². The van der Waals surface area contributed by atoms with E-state index in [1.807, 2.05) is 0 Å². The molecular formula is C10H11FN4O3S. The van der Waals surface area contributed by atoms with Crippen LogP contribution in [0.5, 0.6) is 0 Å². The summed E-state index contributed by atoms with van der Waals surface area (Å²) in [4.78, 5) is 3.65. The number of anilines is 1. The Kier molecular flexibility index (Phi) is 3.76. The zero-order chi connectivity index (χ0) is 13.9. The van der Waals surface area contributed by atoms with Crippen LogP contribution in [-0.2, 0) is 16.4 Å². The van der Waals surface area contributed by atoms with Gasteiger partial charge < -0.3 is 10.3 Å². The van der Waals surface area contributed by atoms with Crippen molar-refractivity contribution in [2.45, 2.75) is 11.3 Å². The maximum absolute atomic E-state index is 13.0. The van der Waals surface area contributed by atoms with Gasteiger partial charge in [-0.05, 0) is 18.2 Å². The first-order valence-corrected chi connectivity index (χ1v) is 6.77. The Morgan fingerprint density at radius 2 is 2.21 bits per heavy atom. The summed E-state index contributed by atoms with van der Waals surface area (Å²) in [6, 6.07) is 3.21. The van der Waals surface area contributed by atoms with Crippen LogP contribution < -0.4 is 10.5 Å². The predicted molar refractivity (Wildman–Crippen MR) is 64.0 cm³/mol. The SMILES string of the molecule is Nc1cc(S(=O)(=O)NCCc2ncon2)ccc1F. The molecule has 102 valence electrons. The molecular weight excluding hydrogens is 275 g/mol. The van der Waals surface area contributed by atoms with Gasteiger partial charge in [-0.3, -0.25) is 0 Å².